The third-order valence-electron chi connectivity index (χ3n) is 4.24. The molecule has 0 saturated heterocycles. The lowest BCUT2D eigenvalue weighted by atomic mass is 10.2. The van der Waals surface area contributed by atoms with Gasteiger partial charge in [0.15, 0.2) is 0 Å². The van der Waals surface area contributed by atoms with E-state index in [1.165, 1.54) is 37.4 Å². The van der Waals surface area contributed by atoms with E-state index in [-0.39, 0.29) is 32.1 Å². The van der Waals surface area contributed by atoms with Crippen molar-refractivity contribution >= 4 is 21.4 Å². The number of ether oxygens (including phenoxy) is 2. The van der Waals surface area contributed by atoms with Gasteiger partial charge in [-0.2, -0.15) is 13.2 Å². The Bertz CT molecular complexity index is 1170. The van der Waals surface area contributed by atoms with Gasteiger partial charge in [-0.05, 0) is 49.4 Å². The Kier molecular flexibility index (Phi) is 6.01. The van der Waals surface area contributed by atoms with Crippen molar-refractivity contribution in [1.29, 1.82) is 0 Å². The Morgan fingerprint density at radius 2 is 1.57 bits per heavy atom. The molecule has 0 aliphatic rings. The van der Waals surface area contributed by atoms with Crippen molar-refractivity contribution in [3.05, 3.63) is 76.8 Å². The normalized spacial score (nSPS) is 11.9. The van der Waals surface area contributed by atoms with E-state index in [1.54, 1.807) is 12.1 Å². The van der Waals surface area contributed by atoms with E-state index in [1.807, 2.05) is 6.92 Å². The molecule has 0 amide bonds. The highest BCUT2D eigenvalue weighted by Crippen LogP contribution is 2.38. The lowest BCUT2D eigenvalue weighted by Crippen LogP contribution is -2.05. The van der Waals surface area contributed by atoms with Crippen LogP contribution in [0.4, 0.5) is 13.2 Å². The van der Waals surface area contributed by atoms with Crippen molar-refractivity contribution in [3.8, 4) is 17.2 Å². The SMILES string of the molecule is COc1cc(Oc2ccc(C(F)(F)F)cc2Cl)ccc1S(=O)(=O)c1ccc(C)cc1. The molecule has 0 bridgehead atoms. The molecule has 0 aliphatic carbocycles. The zero-order chi connectivity index (χ0) is 22.1. The minimum absolute atomic E-state index is 0.0131. The largest absolute Gasteiger partial charge is 0.495 e. The van der Waals surface area contributed by atoms with Crippen molar-refractivity contribution in [1.82, 2.24) is 0 Å². The van der Waals surface area contributed by atoms with E-state index in [2.05, 4.69) is 0 Å². The molecule has 3 aromatic rings. The predicted octanol–water partition coefficient (Wildman–Crippen LogP) is 6.30. The average molecular weight is 457 g/mol. The molecule has 4 nitrogen and oxygen atoms in total. The first-order valence-corrected chi connectivity index (χ1v) is 10.4. The highest BCUT2D eigenvalue weighted by molar-refractivity contribution is 7.91. The number of benzene rings is 3. The van der Waals surface area contributed by atoms with E-state index in [4.69, 9.17) is 21.1 Å². The van der Waals surface area contributed by atoms with Gasteiger partial charge in [-0.15, -0.1) is 0 Å². The predicted molar refractivity (Wildman–Crippen MR) is 106 cm³/mol. The molecule has 0 N–H and O–H groups in total. The van der Waals surface area contributed by atoms with Crippen molar-refractivity contribution in [3.63, 3.8) is 0 Å². The zero-order valence-electron chi connectivity index (χ0n) is 15.8. The zero-order valence-corrected chi connectivity index (χ0v) is 17.4. The van der Waals surface area contributed by atoms with Crippen LogP contribution in [0.25, 0.3) is 0 Å². The quantitative estimate of drug-likeness (QED) is 0.452. The van der Waals surface area contributed by atoms with Gasteiger partial charge in [-0.1, -0.05) is 29.3 Å². The third kappa shape index (κ3) is 4.55. The summed E-state index contributed by atoms with van der Waals surface area (Å²) in [6.07, 6.45) is -4.53. The maximum atomic E-state index is 12.9. The van der Waals surface area contributed by atoms with Gasteiger partial charge in [-0.25, -0.2) is 8.42 Å². The van der Waals surface area contributed by atoms with Crippen molar-refractivity contribution in [2.45, 2.75) is 22.9 Å². The molecule has 0 aliphatic heterocycles. The van der Waals surface area contributed by atoms with Crippen LogP contribution in [-0.4, -0.2) is 15.5 Å². The highest BCUT2D eigenvalue weighted by Gasteiger charge is 2.31. The molecule has 9 heteroatoms. The van der Waals surface area contributed by atoms with Crippen molar-refractivity contribution in [2.75, 3.05) is 7.11 Å². The van der Waals surface area contributed by atoms with Gasteiger partial charge in [-0.3, -0.25) is 0 Å². The highest BCUT2D eigenvalue weighted by atomic mass is 35.5. The fourth-order valence-corrected chi connectivity index (χ4v) is 4.29. The van der Waals surface area contributed by atoms with Crippen LogP contribution in [0.1, 0.15) is 11.1 Å². The Morgan fingerprint density at radius 3 is 2.13 bits per heavy atom. The van der Waals surface area contributed by atoms with E-state index in [0.29, 0.717) is 0 Å². The summed E-state index contributed by atoms with van der Waals surface area (Å²) in [5, 5.41) is -0.236. The molecule has 3 rings (SSSR count). The van der Waals surface area contributed by atoms with Crippen LogP contribution in [-0.2, 0) is 16.0 Å². The summed E-state index contributed by atoms with van der Waals surface area (Å²) in [6, 6.07) is 13.1. The molecule has 158 valence electrons. The number of aryl methyl sites for hydroxylation is 1. The summed E-state index contributed by atoms with van der Waals surface area (Å²) in [5.41, 5.74) is 0.00931. The third-order valence-corrected chi connectivity index (χ3v) is 6.35. The smallest absolute Gasteiger partial charge is 0.416 e. The molecule has 0 aromatic heterocycles. The van der Waals surface area contributed by atoms with Gasteiger partial charge in [0.2, 0.25) is 9.84 Å². The van der Waals surface area contributed by atoms with Crippen LogP contribution in [0.3, 0.4) is 0 Å². The van der Waals surface area contributed by atoms with Gasteiger partial charge in [0.25, 0.3) is 0 Å². The maximum Gasteiger partial charge on any atom is 0.416 e. The standard InChI is InChI=1S/C21H16ClF3O4S/c1-13-3-7-16(8-4-13)30(26,27)20-10-6-15(12-19(20)28-2)29-18-9-5-14(11-17(18)22)21(23,24)25/h3-12H,1-2H3. The molecular weight excluding hydrogens is 441 g/mol. The summed E-state index contributed by atoms with van der Waals surface area (Å²) in [5.74, 6) is 0.160. The first-order chi connectivity index (χ1) is 14.0. The second-order valence-electron chi connectivity index (χ2n) is 6.37. The van der Waals surface area contributed by atoms with Gasteiger partial charge in [0.05, 0.1) is 22.6 Å². The lowest BCUT2D eigenvalue weighted by molar-refractivity contribution is -0.137. The summed E-state index contributed by atoms with van der Waals surface area (Å²) in [7, 11) is -2.55. The topological polar surface area (TPSA) is 52.6 Å². The second-order valence-corrected chi connectivity index (χ2v) is 8.70. The fraction of sp³-hybridized carbons (Fsp3) is 0.143. The van der Waals surface area contributed by atoms with Crippen LogP contribution < -0.4 is 9.47 Å². The lowest BCUT2D eigenvalue weighted by Gasteiger charge is -2.14. The number of hydrogen-bond acceptors (Lipinski definition) is 4. The molecule has 3 aromatic carbocycles. The molecule has 0 heterocycles. The van der Waals surface area contributed by atoms with Crippen molar-refractivity contribution in [2.24, 2.45) is 0 Å². The molecule has 30 heavy (non-hydrogen) atoms. The number of methoxy groups -OCH3 is 1. The average Bonchev–Trinajstić information content (AvgIpc) is 2.68. The first-order valence-electron chi connectivity index (χ1n) is 8.57. The van der Waals surface area contributed by atoms with Gasteiger partial charge in [0, 0.05) is 6.07 Å². The molecule has 0 radical (unpaired) electrons. The second kappa shape index (κ2) is 8.20. The maximum absolute atomic E-state index is 12.9. The Morgan fingerprint density at radius 1 is 0.900 bits per heavy atom. The molecular formula is C21H16ClF3O4S. The van der Waals surface area contributed by atoms with Crippen molar-refractivity contribution < 1.29 is 31.1 Å². The summed E-state index contributed by atoms with van der Waals surface area (Å²) in [4.78, 5) is 0.0329. The number of alkyl halides is 3. The van der Waals surface area contributed by atoms with Gasteiger partial charge >= 0.3 is 6.18 Å². The fourth-order valence-electron chi connectivity index (χ4n) is 2.66. The van der Waals surface area contributed by atoms with Gasteiger partial charge in [0.1, 0.15) is 22.1 Å². The van der Waals surface area contributed by atoms with Crippen LogP contribution in [0.2, 0.25) is 5.02 Å². The molecule has 0 spiro atoms. The number of sulfone groups is 1. The van der Waals surface area contributed by atoms with Crippen LogP contribution in [0.15, 0.2) is 70.5 Å². The summed E-state index contributed by atoms with van der Waals surface area (Å²) in [6.45, 7) is 1.84. The number of rotatable bonds is 5. The molecule has 0 fully saturated rings. The summed E-state index contributed by atoms with van der Waals surface area (Å²) < 4.78 is 74.9. The van der Waals surface area contributed by atoms with Crippen LogP contribution in [0, 0.1) is 6.92 Å². The Labute approximate surface area is 176 Å². The van der Waals surface area contributed by atoms with E-state index in [0.717, 1.165) is 23.8 Å². The molecule has 0 saturated carbocycles. The molecule has 0 atom stereocenters. The van der Waals surface area contributed by atoms with E-state index < -0.39 is 21.6 Å². The van der Waals surface area contributed by atoms with Crippen LogP contribution >= 0.6 is 11.6 Å². The first kappa shape index (κ1) is 22.0. The molecule has 0 unspecified atom stereocenters. The number of hydrogen-bond donors (Lipinski definition) is 0. The minimum Gasteiger partial charge on any atom is -0.495 e. The Balaban J connectivity index is 1.94. The van der Waals surface area contributed by atoms with Gasteiger partial charge < -0.3 is 9.47 Å². The van der Waals surface area contributed by atoms with E-state index >= 15 is 0 Å². The Hall–Kier alpha value is -2.71. The van der Waals surface area contributed by atoms with Crippen LogP contribution in [0.5, 0.6) is 17.2 Å². The van der Waals surface area contributed by atoms with E-state index in [9.17, 15) is 21.6 Å². The number of halogens is 4. The monoisotopic (exact) mass is 456 g/mol. The minimum atomic E-state index is -4.53. The summed E-state index contributed by atoms with van der Waals surface area (Å²) >= 11 is 5.90.